The summed E-state index contributed by atoms with van der Waals surface area (Å²) in [5, 5.41) is 0. The predicted octanol–water partition coefficient (Wildman–Crippen LogP) is 4.99. The number of anilines is 1. The van der Waals surface area contributed by atoms with Crippen molar-refractivity contribution >= 4 is 27.5 Å². The second-order valence-electron chi connectivity index (χ2n) is 9.51. The van der Waals surface area contributed by atoms with Crippen molar-refractivity contribution in [1.29, 1.82) is 0 Å². The van der Waals surface area contributed by atoms with Crippen LogP contribution < -0.4 is 10.3 Å². The van der Waals surface area contributed by atoms with Gasteiger partial charge < -0.3 is 4.74 Å². The van der Waals surface area contributed by atoms with Gasteiger partial charge in [0.2, 0.25) is 0 Å². The number of ether oxygens (including phenoxy) is 1. The van der Waals surface area contributed by atoms with E-state index < -0.39 is 33.9 Å². The summed E-state index contributed by atoms with van der Waals surface area (Å²) in [4.78, 5) is 38.3. The van der Waals surface area contributed by atoms with Crippen LogP contribution in [0.1, 0.15) is 26.4 Å². The van der Waals surface area contributed by atoms with Gasteiger partial charge >= 0.3 is 5.97 Å². The molecule has 0 aliphatic heterocycles. The fraction of sp³-hybridized carbons (Fsp3) is 0.0938. The van der Waals surface area contributed by atoms with Crippen LogP contribution in [0, 0.1) is 6.92 Å². The lowest BCUT2D eigenvalue weighted by Crippen LogP contribution is -2.23. The summed E-state index contributed by atoms with van der Waals surface area (Å²) >= 11 is 0. The van der Waals surface area contributed by atoms with E-state index in [0.29, 0.717) is 16.9 Å². The molecule has 9 nitrogen and oxygen atoms in total. The van der Waals surface area contributed by atoms with Gasteiger partial charge in [-0.05, 0) is 48.4 Å². The quantitative estimate of drug-likeness (QED) is 0.194. The zero-order valence-electron chi connectivity index (χ0n) is 22.9. The molecule has 0 saturated heterocycles. The van der Waals surface area contributed by atoms with Gasteiger partial charge in [0.1, 0.15) is 5.69 Å². The van der Waals surface area contributed by atoms with Crippen molar-refractivity contribution in [3.05, 3.63) is 136 Å². The molecule has 0 bridgehead atoms. The number of rotatable bonds is 9. The maximum absolute atomic E-state index is 13.2. The van der Waals surface area contributed by atoms with Crippen molar-refractivity contribution in [2.45, 2.75) is 11.8 Å². The molecule has 4 aromatic carbocycles. The van der Waals surface area contributed by atoms with Crippen LogP contribution >= 0.6 is 0 Å². The molecule has 0 saturated carbocycles. The molecule has 0 radical (unpaired) electrons. The maximum Gasteiger partial charge on any atom is 0.338 e. The van der Waals surface area contributed by atoms with Crippen LogP contribution in [0.15, 0.2) is 119 Å². The minimum Gasteiger partial charge on any atom is -0.454 e. The van der Waals surface area contributed by atoms with Crippen LogP contribution in [0.5, 0.6) is 0 Å². The lowest BCUT2D eigenvalue weighted by atomic mass is 10.0. The second kappa shape index (κ2) is 11.7. The number of ketones is 1. The first-order valence-corrected chi connectivity index (χ1v) is 14.5. The number of para-hydroxylation sites is 1. The summed E-state index contributed by atoms with van der Waals surface area (Å²) in [5.41, 5.74) is 2.59. The Morgan fingerprint density at radius 1 is 0.786 bits per heavy atom. The van der Waals surface area contributed by atoms with Crippen molar-refractivity contribution in [3.63, 3.8) is 0 Å². The van der Waals surface area contributed by atoms with E-state index in [2.05, 4.69) is 4.72 Å². The number of hydrogen-bond donors (Lipinski definition) is 1. The van der Waals surface area contributed by atoms with Crippen molar-refractivity contribution in [1.82, 2.24) is 9.36 Å². The van der Waals surface area contributed by atoms with Gasteiger partial charge in [0.25, 0.3) is 15.6 Å². The number of Topliss-reactive ketones (excluding diaryl/α,β-unsaturated/α-hetero) is 1. The number of carbonyl (C=O) groups is 2. The first-order valence-electron chi connectivity index (χ1n) is 13.0. The minimum atomic E-state index is -4.25. The zero-order chi connectivity index (χ0) is 29.9. The molecule has 10 heteroatoms. The third-order valence-electron chi connectivity index (χ3n) is 6.82. The SMILES string of the molecule is Cc1c(NS(=O)(=O)c2cccc(C(=O)OCC(=O)c3ccc(-c4ccccc4)cc3)c2)c(=O)n(-c2ccccc2)n1C. The first kappa shape index (κ1) is 28.3. The van der Waals surface area contributed by atoms with E-state index in [4.69, 9.17) is 4.74 Å². The van der Waals surface area contributed by atoms with E-state index in [9.17, 15) is 22.8 Å². The molecule has 0 amide bonds. The van der Waals surface area contributed by atoms with Crippen molar-refractivity contribution in [3.8, 4) is 16.8 Å². The average Bonchev–Trinajstić information content (AvgIpc) is 3.23. The Hall–Kier alpha value is -5.22. The first-order chi connectivity index (χ1) is 20.2. The van der Waals surface area contributed by atoms with Crippen molar-refractivity contribution in [2.75, 3.05) is 11.3 Å². The highest BCUT2D eigenvalue weighted by Crippen LogP contribution is 2.21. The van der Waals surface area contributed by atoms with Crippen LogP contribution in [0.4, 0.5) is 5.69 Å². The molecule has 1 heterocycles. The number of aromatic nitrogens is 2. The van der Waals surface area contributed by atoms with Gasteiger partial charge in [-0.3, -0.25) is 19.0 Å². The van der Waals surface area contributed by atoms with Gasteiger partial charge in [0, 0.05) is 12.6 Å². The van der Waals surface area contributed by atoms with Crippen LogP contribution in [0.3, 0.4) is 0 Å². The van der Waals surface area contributed by atoms with Gasteiger partial charge in [-0.25, -0.2) is 17.9 Å². The van der Waals surface area contributed by atoms with Gasteiger partial charge in [0.15, 0.2) is 12.4 Å². The predicted molar refractivity (Wildman–Crippen MR) is 159 cm³/mol. The van der Waals surface area contributed by atoms with Gasteiger partial charge in [-0.15, -0.1) is 0 Å². The summed E-state index contributed by atoms with van der Waals surface area (Å²) in [6.07, 6.45) is 0. The topological polar surface area (TPSA) is 116 Å². The molecule has 1 N–H and O–H groups in total. The molecule has 42 heavy (non-hydrogen) atoms. The average molecular weight is 582 g/mol. The minimum absolute atomic E-state index is 0.0587. The summed E-state index contributed by atoms with van der Waals surface area (Å²) in [5.74, 6) is -1.26. The summed E-state index contributed by atoms with van der Waals surface area (Å²) in [6.45, 7) is 1.11. The molecule has 212 valence electrons. The van der Waals surface area contributed by atoms with Crippen molar-refractivity contribution < 1.29 is 22.7 Å². The Morgan fingerprint density at radius 3 is 2.07 bits per heavy atom. The van der Waals surface area contributed by atoms with E-state index in [1.165, 1.54) is 22.9 Å². The van der Waals surface area contributed by atoms with Crippen LogP contribution in [0.2, 0.25) is 0 Å². The third-order valence-corrected chi connectivity index (χ3v) is 8.17. The Bertz CT molecular complexity index is 1930. The van der Waals surface area contributed by atoms with Gasteiger partial charge in [0.05, 0.1) is 21.8 Å². The summed E-state index contributed by atoms with van der Waals surface area (Å²) in [7, 11) is -2.60. The van der Waals surface area contributed by atoms with E-state index in [1.54, 1.807) is 55.1 Å². The third kappa shape index (κ3) is 5.79. The number of carbonyl (C=O) groups excluding carboxylic acids is 2. The number of sulfonamides is 1. The van der Waals surface area contributed by atoms with Crippen molar-refractivity contribution in [2.24, 2.45) is 7.05 Å². The lowest BCUT2D eigenvalue weighted by molar-refractivity contribution is 0.0474. The standard InChI is InChI=1S/C32H27N3O6S/c1-22-30(31(37)35(34(22)2)27-13-7-4-8-14-27)33-42(39,40)28-15-9-12-26(20-28)32(38)41-21-29(36)25-18-16-24(17-19-25)23-10-5-3-6-11-23/h3-20,33H,21H2,1-2H3. The molecular formula is C32H27N3O6S. The molecule has 1 aromatic heterocycles. The molecule has 0 fully saturated rings. The molecule has 0 aliphatic rings. The van der Waals surface area contributed by atoms with Crippen LogP contribution in [0.25, 0.3) is 16.8 Å². The Kier molecular flexibility index (Phi) is 7.90. The Morgan fingerprint density at radius 2 is 1.40 bits per heavy atom. The maximum atomic E-state index is 13.2. The Balaban J connectivity index is 1.28. The van der Waals surface area contributed by atoms with Gasteiger partial charge in [-0.2, -0.15) is 0 Å². The number of nitrogens with zero attached hydrogens (tertiary/aromatic N) is 2. The highest BCUT2D eigenvalue weighted by Gasteiger charge is 2.23. The summed E-state index contributed by atoms with van der Waals surface area (Å²) < 4.78 is 37.0. The van der Waals surface area contributed by atoms with Crippen LogP contribution in [-0.2, 0) is 21.8 Å². The molecule has 0 aliphatic carbocycles. The highest BCUT2D eigenvalue weighted by molar-refractivity contribution is 7.92. The molecule has 0 spiro atoms. The fourth-order valence-electron chi connectivity index (χ4n) is 4.45. The van der Waals surface area contributed by atoms with E-state index >= 15 is 0 Å². The number of hydrogen-bond acceptors (Lipinski definition) is 6. The number of benzene rings is 4. The molecule has 5 aromatic rings. The largest absolute Gasteiger partial charge is 0.454 e. The highest BCUT2D eigenvalue weighted by atomic mass is 32.2. The normalized spacial score (nSPS) is 11.2. The van der Waals surface area contributed by atoms with E-state index in [1.807, 2.05) is 48.5 Å². The van der Waals surface area contributed by atoms with Crippen LogP contribution in [-0.4, -0.2) is 36.1 Å². The van der Waals surface area contributed by atoms with E-state index in [0.717, 1.165) is 17.2 Å². The van der Waals surface area contributed by atoms with Gasteiger partial charge in [-0.1, -0.05) is 78.9 Å². The zero-order valence-corrected chi connectivity index (χ0v) is 23.7. The molecular weight excluding hydrogens is 554 g/mol. The molecule has 0 atom stereocenters. The molecule has 0 unspecified atom stereocenters. The number of nitrogens with one attached hydrogen (secondary N) is 1. The summed E-state index contributed by atoms with van der Waals surface area (Å²) in [6, 6.07) is 30.7. The smallest absolute Gasteiger partial charge is 0.338 e. The lowest BCUT2D eigenvalue weighted by Gasteiger charge is -2.09. The fourth-order valence-corrected chi connectivity index (χ4v) is 5.61. The molecule has 5 rings (SSSR count). The Labute approximate surface area is 242 Å². The monoisotopic (exact) mass is 581 g/mol. The number of esters is 1. The van der Waals surface area contributed by atoms with E-state index in [-0.39, 0.29) is 16.1 Å². The second-order valence-corrected chi connectivity index (χ2v) is 11.2.